The number of aromatic amines is 1. The second-order valence-electron chi connectivity index (χ2n) is 5.46. The van der Waals surface area contributed by atoms with Crippen LogP contribution < -0.4 is 4.90 Å². The Labute approximate surface area is 122 Å². The Balaban J connectivity index is 1.46. The predicted octanol–water partition coefficient (Wildman–Crippen LogP) is 1.47. The van der Waals surface area contributed by atoms with E-state index in [1.54, 1.807) is 12.7 Å². The SMILES string of the molecule is c1cnn(CC2CCN(c3ncnc4nc[nH]c34)CC2)c1. The van der Waals surface area contributed by atoms with Crippen molar-refractivity contribution in [2.24, 2.45) is 5.92 Å². The van der Waals surface area contributed by atoms with Gasteiger partial charge in [0.25, 0.3) is 0 Å². The number of imidazole rings is 1. The van der Waals surface area contributed by atoms with Crippen molar-refractivity contribution in [1.29, 1.82) is 0 Å². The summed E-state index contributed by atoms with van der Waals surface area (Å²) < 4.78 is 2.03. The van der Waals surface area contributed by atoms with Crippen molar-refractivity contribution in [2.45, 2.75) is 19.4 Å². The first-order valence-electron chi connectivity index (χ1n) is 7.26. The zero-order valence-corrected chi connectivity index (χ0v) is 11.7. The predicted molar refractivity (Wildman–Crippen MR) is 78.8 cm³/mol. The summed E-state index contributed by atoms with van der Waals surface area (Å²) in [6, 6.07) is 1.98. The number of nitrogens with one attached hydrogen (secondary N) is 1. The first-order valence-corrected chi connectivity index (χ1v) is 7.26. The summed E-state index contributed by atoms with van der Waals surface area (Å²) in [6.45, 7) is 3.03. The Hall–Kier alpha value is -2.44. The fraction of sp³-hybridized carbons (Fsp3) is 0.429. The van der Waals surface area contributed by atoms with Gasteiger partial charge in [0.1, 0.15) is 11.8 Å². The number of nitrogens with zero attached hydrogens (tertiary/aromatic N) is 6. The fourth-order valence-corrected chi connectivity index (χ4v) is 2.99. The number of H-pyrrole nitrogens is 1. The van der Waals surface area contributed by atoms with Crippen LogP contribution in [-0.4, -0.2) is 42.8 Å². The Morgan fingerprint density at radius 3 is 2.90 bits per heavy atom. The van der Waals surface area contributed by atoms with Gasteiger partial charge in [-0.15, -0.1) is 0 Å². The molecule has 0 atom stereocenters. The number of rotatable bonds is 3. The Kier molecular flexibility index (Phi) is 3.02. The number of piperidine rings is 1. The van der Waals surface area contributed by atoms with E-state index in [0.717, 1.165) is 49.5 Å². The topological polar surface area (TPSA) is 75.5 Å². The van der Waals surface area contributed by atoms with Crippen LogP contribution in [-0.2, 0) is 6.54 Å². The molecule has 0 saturated carbocycles. The molecule has 1 aliphatic rings. The molecule has 0 bridgehead atoms. The van der Waals surface area contributed by atoms with Gasteiger partial charge in [-0.25, -0.2) is 15.0 Å². The molecule has 0 unspecified atom stereocenters. The monoisotopic (exact) mass is 283 g/mol. The lowest BCUT2D eigenvalue weighted by atomic mass is 9.97. The Morgan fingerprint density at radius 1 is 1.19 bits per heavy atom. The lowest BCUT2D eigenvalue weighted by Gasteiger charge is -2.32. The van der Waals surface area contributed by atoms with Crippen molar-refractivity contribution in [3.05, 3.63) is 31.1 Å². The van der Waals surface area contributed by atoms with Gasteiger partial charge in [0, 0.05) is 32.0 Å². The summed E-state index contributed by atoms with van der Waals surface area (Å²) in [5, 5.41) is 4.29. The van der Waals surface area contributed by atoms with E-state index in [9.17, 15) is 0 Å². The summed E-state index contributed by atoms with van der Waals surface area (Å²) in [7, 11) is 0. The molecule has 3 aromatic heterocycles. The van der Waals surface area contributed by atoms with Crippen LogP contribution in [0.5, 0.6) is 0 Å². The van der Waals surface area contributed by atoms with Crippen LogP contribution >= 0.6 is 0 Å². The van der Waals surface area contributed by atoms with Gasteiger partial charge in [0.05, 0.1) is 6.33 Å². The van der Waals surface area contributed by atoms with Gasteiger partial charge < -0.3 is 9.88 Å². The van der Waals surface area contributed by atoms with Crippen LogP contribution in [0.25, 0.3) is 11.2 Å². The van der Waals surface area contributed by atoms with E-state index in [1.165, 1.54) is 0 Å². The molecule has 0 amide bonds. The minimum atomic E-state index is 0.681. The highest BCUT2D eigenvalue weighted by Crippen LogP contribution is 2.26. The van der Waals surface area contributed by atoms with Gasteiger partial charge >= 0.3 is 0 Å². The van der Waals surface area contributed by atoms with Gasteiger partial charge in [-0.05, 0) is 24.8 Å². The van der Waals surface area contributed by atoms with E-state index >= 15 is 0 Å². The van der Waals surface area contributed by atoms with Gasteiger partial charge in [-0.3, -0.25) is 4.68 Å². The summed E-state index contributed by atoms with van der Waals surface area (Å²) >= 11 is 0. The fourth-order valence-electron chi connectivity index (χ4n) is 2.99. The molecule has 1 saturated heterocycles. The zero-order valence-electron chi connectivity index (χ0n) is 11.7. The summed E-state index contributed by atoms with van der Waals surface area (Å²) in [6.07, 6.45) is 9.44. The third-order valence-electron chi connectivity index (χ3n) is 4.12. The number of anilines is 1. The molecule has 4 heterocycles. The van der Waals surface area contributed by atoms with Gasteiger partial charge in [0.15, 0.2) is 11.5 Å². The number of hydrogen-bond acceptors (Lipinski definition) is 5. The van der Waals surface area contributed by atoms with E-state index in [2.05, 4.69) is 29.9 Å². The molecule has 4 rings (SSSR count). The van der Waals surface area contributed by atoms with E-state index in [-0.39, 0.29) is 0 Å². The third kappa shape index (κ3) is 2.35. The highest BCUT2D eigenvalue weighted by molar-refractivity contribution is 5.82. The van der Waals surface area contributed by atoms with Crippen molar-refractivity contribution < 1.29 is 0 Å². The smallest absolute Gasteiger partial charge is 0.182 e. The molecule has 0 spiro atoms. The minimum absolute atomic E-state index is 0.681. The maximum Gasteiger partial charge on any atom is 0.182 e. The molecule has 1 aliphatic heterocycles. The van der Waals surface area contributed by atoms with Gasteiger partial charge in [0.2, 0.25) is 0 Å². The number of fused-ring (bicyclic) bond motifs is 1. The largest absolute Gasteiger partial charge is 0.355 e. The van der Waals surface area contributed by atoms with Crippen LogP contribution in [0.4, 0.5) is 5.82 Å². The van der Waals surface area contributed by atoms with Crippen LogP contribution in [0.1, 0.15) is 12.8 Å². The molecule has 108 valence electrons. The highest BCUT2D eigenvalue weighted by atomic mass is 15.3. The molecule has 1 N–H and O–H groups in total. The molecule has 7 nitrogen and oxygen atoms in total. The van der Waals surface area contributed by atoms with Gasteiger partial charge in [-0.1, -0.05) is 0 Å². The van der Waals surface area contributed by atoms with Crippen LogP contribution in [0, 0.1) is 5.92 Å². The van der Waals surface area contributed by atoms with Crippen molar-refractivity contribution >= 4 is 17.0 Å². The number of hydrogen-bond donors (Lipinski definition) is 1. The van der Waals surface area contributed by atoms with E-state index in [4.69, 9.17) is 0 Å². The molecule has 21 heavy (non-hydrogen) atoms. The standard InChI is InChI=1S/C14H17N7/c1-4-19-21(5-1)8-11-2-6-20(7-3-11)14-12-13(16-9-15-12)17-10-18-14/h1,4-5,9-11H,2-3,6-8H2,(H,15,16,17,18). The minimum Gasteiger partial charge on any atom is -0.355 e. The van der Waals surface area contributed by atoms with Crippen molar-refractivity contribution in [3.8, 4) is 0 Å². The molecule has 7 heteroatoms. The quantitative estimate of drug-likeness (QED) is 0.787. The van der Waals surface area contributed by atoms with Crippen LogP contribution in [0.15, 0.2) is 31.1 Å². The molecule has 1 fully saturated rings. The third-order valence-corrected chi connectivity index (χ3v) is 4.12. The highest BCUT2D eigenvalue weighted by Gasteiger charge is 2.22. The van der Waals surface area contributed by atoms with E-state index in [1.807, 2.05) is 23.1 Å². The lowest BCUT2D eigenvalue weighted by Crippen LogP contribution is -2.35. The molecule has 0 aliphatic carbocycles. The summed E-state index contributed by atoms with van der Waals surface area (Å²) in [5.41, 5.74) is 1.67. The van der Waals surface area contributed by atoms with Crippen molar-refractivity contribution in [2.75, 3.05) is 18.0 Å². The van der Waals surface area contributed by atoms with Crippen LogP contribution in [0.2, 0.25) is 0 Å². The Morgan fingerprint density at radius 2 is 2.10 bits per heavy atom. The average molecular weight is 283 g/mol. The normalized spacial score (nSPS) is 16.7. The zero-order chi connectivity index (χ0) is 14.1. The van der Waals surface area contributed by atoms with Gasteiger partial charge in [-0.2, -0.15) is 5.10 Å². The Bertz CT molecular complexity index is 710. The molecule has 0 aromatic carbocycles. The first-order chi connectivity index (χ1) is 10.4. The molecule has 0 radical (unpaired) electrons. The van der Waals surface area contributed by atoms with Crippen molar-refractivity contribution in [1.82, 2.24) is 29.7 Å². The number of aromatic nitrogens is 6. The van der Waals surface area contributed by atoms with Crippen molar-refractivity contribution in [3.63, 3.8) is 0 Å². The summed E-state index contributed by atoms with van der Waals surface area (Å²) in [4.78, 5) is 18.3. The molecule has 3 aromatic rings. The lowest BCUT2D eigenvalue weighted by molar-refractivity contribution is 0.342. The second-order valence-corrected chi connectivity index (χ2v) is 5.46. The first kappa shape index (κ1) is 12.3. The summed E-state index contributed by atoms with van der Waals surface area (Å²) in [5.74, 6) is 1.65. The van der Waals surface area contributed by atoms with Crippen LogP contribution in [0.3, 0.4) is 0 Å². The maximum atomic E-state index is 4.43. The molecular weight excluding hydrogens is 266 g/mol. The van der Waals surface area contributed by atoms with E-state index < -0.39 is 0 Å². The molecular formula is C14H17N7. The average Bonchev–Trinajstić information content (AvgIpc) is 3.18. The maximum absolute atomic E-state index is 4.43. The van der Waals surface area contributed by atoms with E-state index in [0.29, 0.717) is 5.92 Å². The second kappa shape index (κ2) is 5.16.